The van der Waals surface area contributed by atoms with Crippen LogP contribution in [0.25, 0.3) is 22.6 Å². The molecule has 0 aliphatic carbocycles. The van der Waals surface area contributed by atoms with Crippen molar-refractivity contribution in [2.45, 2.75) is 46.5 Å². The van der Waals surface area contributed by atoms with Crippen LogP contribution in [0.4, 0.5) is 5.69 Å². The molecule has 0 bridgehead atoms. The van der Waals surface area contributed by atoms with E-state index >= 15 is 0 Å². The average molecular weight is 336 g/mol. The lowest BCUT2D eigenvalue weighted by atomic mass is 10.1. The van der Waals surface area contributed by atoms with Crippen LogP contribution in [0.5, 0.6) is 0 Å². The summed E-state index contributed by atoms with van der Waals surface area (Å²) in [5, 5.41) is 2.95. The highest BCUT2D eigenvalue weighted by Crippen LogP contribution is 2.27. The minimum absolute atomic E-state index is 0.0504. The van der Waals surface area contributed by atoms with Crippen LogP contribution in [-0.2, 0) is 4.79 Å². The van der Waals surface area contributed by atoms with Gasteiger partial charge < -0.3 is 9.73 Å². The van der Waals surface area contributed by atoms with Gasteiger partial charge >= 0.3 is 0 Å². The number of amides is 1. The van der Waals surface area contributed by atoms with Crippen molar-refractivity contribution in [1.82, 2.24) is 4.98 Å². The van der Waals surface area contributed by atoms with Crippen molar-refractivity contribution in [3.05, 3.63) is 47.5 Å². The third-order valence-corrected chi connectivity index (χ3v) is 4.40. The molecule has 0 aliphatic heterocycles. The molecule has 1 heterocycles. The van der Waals surface area contributed by atoms with Crippen molar-refractivity contribution in [3.63, 3.8) is 0 Å². The van der Waals surface area contributed by atoms with Crippen molar-refractivity contribution < 1.29 is 9.21 Å². The predicted octanol–water partition coefficient (Wildman–Crippen LogP) is 5.63. The van der Waals surface area contributed by atoms with Crippen LogP contribution in [0, 0.1) is 13.8 Å². The summed E-state index contributed by atoms with van der Waals surface area (Å²) in [5.41, 5.74) is 5.65. The number of nitrogens with zero attached hydrogens (tertiary/aromatic N) is 1. The number of unbranched alkanes of at least 4 members (excludes halogenated alkanes) is 2. The minimum Gasteiger partial charge on any atom is -0.436 e. The molecule has 4 nitrogen and oxygen atoms in total. The Hall–Kier alpha value is -2.62. The van der Waals surface area contributed by atoms with Crippen LogP contribution < -0.4 is 5.32 Å². The first-order chi connectivity index (χ1) is 12.1. The molecule has 2 aromatic carbocycles. The fraction of sp³-hybridized carbons (Fsp3) is 0.333. The number of fused-ring (bicyclic) bond motifs is 1. The van der Waals surface area contributed by atoms with Gasteiger partial charge in [-0.05, 0) is 61.7 Å². The monoisotopic (exact) mass is 336 g/mol. The molecule has 0 unspecified atom stereocenters. The second kappa shape index (κ2) is 7.51. The Morgan fingerprint density at radius 1 is 1.12 bits per heavy atom. The zero-order chi connectivity index (χ0) is 17.8. The molecule has 0 radical (unpaired) electrons. The maximum absolute atomic E-state index is 12.0. The molecule has 0 fully saturated rings. The maximum Gasteiger partial charge on any atom is 0.227 e. The molecule has 3 rings (SSSR count). The van der Waals surface area contributed by atoms with Crippen LogP contribution in [0.3, 0.4) is 0 Å². The first kappa shape index (κ1) is 17.2. The lowest BCUT2D eigenvalue weighted by Gasteiger charge is -2.06. The van der Waals surface area contributed by atoms with E-state index in [2.05, 4.69) is 31.1 Å². The standard InChI is InChI=1S/C21H24N2O2/c1-4-5-6-10-20(24)22-17-9-7-8-16(13-17)21-23-18-11-14(2)15(3)12-19(18)25-21/h7-9,11-13H,4-6,10H2,1-3H3,(H,22,24). The number of aryl methyl sites for hydroxylation is 2. The third kappa shape index (κ3) is 4.08. The molecule has 4 heteroatoms. The highest BCUT2D eigenvalue weighted by molar-refractivity contribution is 5.91. The SMILES string of the molecule is CCCCCC(=O)Nc1cccc(-c2nc3cc(C)c(C)cc3o2)c1. The molecule has 130 valence electrons. The Balaban J connectivity index is 1.80. The van der Waals surface area contributed by atoms with Gasteiger partial charge in [-0.1, -0.05) is 25.8 Å². The van der Waals surface area contributed by atoms with Crippen molar-refractivity contribution in [2.75, 3.05) is 5.32 Å². The maximum atomic E-state index is 12.0. The van der Waals surface area contributed by atoms with E-state index in [1.165, 1.54) is 11.1 Å². The highest BCUT2D eigenvalue weighted by Gasteiger charge is 2.11. The summed E-state index contributed by atoms with van der Waals surface area (Å²) in [7, 11) is 0. The Kier molecular flexibility index (Phi) is 5.17. The zero-order valence-corrected chi connectivity index (χ0v) is 15.1. The van der Waals surface area contributed by atoms with E-state index in [0.717, 1.165) is 41.6 Å². The number of anilines is 1. The van der Waals surface area contributed by atoms with E-state index in [4.69, 9.17) is 4.42 Å². The summed E-state index contributed by atoms with van der Waals surface area (Å²) >= 11 is 0. The number of aromatic nitrogens is 1. The van der Waals surface area contributed by atoms with Crippen molar-refractivity contribution >= 4 is 22.7 Å². The number of hydrogen-bond acceptors (Lipinski definition) is 3. The summed E-state index contributed by atoms with van der Waals surface area (Å²) in [5.74, 6) is 0.622. The molecule has 3 aromatic rings. The van der Waals surface area contributed by atoms with E-state index in [0.29, 0.717) is 12.3 Å². The van der Waals surface area contributed by atoms with Gasteiger partial charge in [0.25, 0.3) is 0 Å². The smallest absolute Gasteiger partial charge is 0.227 e. The molecule has 1 N–H and O–H groups in total. The van der Waals surface area contributed by atoms with Crippen molar-refractivity contribution in [2.24, 2.45) is 0 Å². The lowest BCUT2D eigenvalue weighted by molar-refractivity contribution is -0.116. The van der Waals surface area contributed by atoms with Gasteiger partial charge in [-0.15, -0.1) is 0 Å². The van der Waals surface area contributed by atoms with Crippen molar-refractivity contribution in [3.8, 4) is 11.5 Å². The summed E-state index contributed by atoms with van der Waals surface area (Å²) in [6, 6.07) is 11.7. The fourth-order valence-electron chi connectivity index (χ4n) is 2.79. The van der Waals surface area contributed by atoms with Gasteiger partial charge in [0.15, 0.2) is 5.58 Å². The van der Waals surface area contributed by atoms with Gasteiger partial charge in [0.1, 0.15) is 5.52 Å². The predicted molar refractivity (Wildman–Crippen MR) is 102 cm³/mol. The molecular formula is C21H24N2O2. The van der Waals surface area contributed by atoms with E-state index < -0.39 is 0 Å². The molecule has 0 saturated heterocycles. The number of hydrogen-bond donors (Lipinski definition) is 1. The highest BCUT2D eigenvalue weighted by atomic mass is 16.3. The number of rotatable bonds is 6. The summed E-state index contributed by atoms with van der Waals surface area (Å²) in [6.07, 6.45) is 3.67. The van der Waals surface area contributed by atoms with E-state index in [-0.39, 0.29) is 5.91 Å². The number of benzene rings is 2. The number of nitrogens with one attached hydrogen (secondary N) is 1. The van der Waals surface area contributed by atoms with Crippen molar-refractivity contribution in [1.29, 1.82) is 0 Å². The quantitative estimate of drug-likeness (QED) is 0.593. The largest absolute Gasteiger partial charge is 0.436 e. The molecule has 0 saturated carbocycles. The Morgan fingerprint density at radius 3 is 2.72 bits per heavy atom. The number of carbonyl (C=O) groups is 1. The summed E-state index contributed by atoms with van der Waals surface area (Å²) in [6.45, 7) is 6.26. The van der Waals surface area contributed by atoms with Gasteiger partial charge in [0.2, 0.25) is 11.8 Å². The molecule has 0 aliphatic rings. The molecular weight excluding hydrogens is 312 g/mol. The normalized spacial score (nSPS) is 11.0. The van der Waals surface area contributed by atoms with Crippen LogP contribution in [0.2, 0.25) is 0 Å². The average Bonchev–Trinajstić information content (AvgIpc) is 2.98. The third-order valence-electron chi connectivity index (χ3n) is 4.40. The van der Waals surface area contributed by atoms with E-state index in [1.807, 2.05) is 36.4 Å². The van der Waals surface area contributed by atoms with Gasteiger partial charge in [-0.2, -0.15) is 0 Å². The molecule has 0 spiro atoms. The Morgan fingerprint density at radius 2 is 1.92 bits per heavy atom. The van der Waals surface area contributed by atoms with Crippen LogP contribution in [0.15, 0.2) is 40.8 Å². The van der Waals surface area contributed by atoms with Gasteiger partial charge in [0.05, 0.1) is 0 Å². The molecule has 1 aromatic heterocycles. The summed E-state index contributed by atoms with van der Waals surface area (Å²) < 4.78 is 5.91. The van der Waals surface area contributed by atoms with Gasteiger partial charge in [-0.25, -0.2) is 4.98 Å². The number of oxazole rings is 1. The zero-order valence-electron chi connectivity index (χ0n) is 15.1. The van der Waals surface area contributed by atoms with Crippen LogP contribution in [-0.4, -0.2) is 10.9 Å². The minimum atomic E-state index is 0.0504. The van der Waals surface area contributed by atoms with Crippen LogP contribution >= 0.6 is 0 Å². The lowest BCUT2D eigenvalue weighted by Crippen LogP contribution is -2.10. The molecule has 25 heavy (non-hydrogen) atoms. The fourth-order valence-corrected chi connectivity index (χ4v) is 2.79. The summed E-state index contributed by atoms with van der Waals surface area (Å²) in [4.78, 5) is 16.6. The molecule has 1 amide bonds. The van der Waals surface area contributed by atoms with E-state index in [1.54, 1.807) is 0 Å². The van der Waals surface area contributed by atoms with E-state index in [9.17, 15) is 4.79 Å². The second-order valence-electron chi connectivity index (χ2n) is 6.51. The first-order valence-corrected chi connectivity index (χ1v) is 8.85. The van der Waals surface area contributed by atoms with Gasteiger partial charge in [0, 0.05) is 17.7 Å². The number of carbonyl (C=O) groups excluding carboxylic acids is 1. The Labute approximate surface area is 148 Å². The second-order valence-corrected chi connectivity index (χ2v) is 6.51. The first-order valence-electron chi connectivity index (χ1n) is 8.85. The Bertz CT molecular complexity index is 857. The topological polar surface area (TPSA) is 55.1 Å². The molecule has 0 atom stereocenters. The van der Waals surface area contributed by atoms with Crippen LogP contribution in [0.1, 0.15) is 43.7 Å². The van der Waals surface area contributed by atoms with Gasteiger partial charge in [-0.3, -0.25) is 4.79 Å².